The van der Waals surface area contributed by atoms with Gasteiger partial charge >= 0.3 is 39.5 Å². The summed E-state index contributed by atoms with van der Waals surface area (Å²) < 4.78 is 68.8. The minimum Gasteiger partial charge on any atom is -0.462 e. The van der Waals surface area contributed by atoms with E-state index in [1.165, 1.54) is 257 Å². The van der Waals surface area contributed by atoms with Crippen molar-refractivity contribution >= 4 is 39.5 Å². The average molecular weight is 1510 g/mol. The summed E-state index contributed by atoms with van der Waals surface area (Å²) in [5.41, 5.74) is 0. The Morgan fingerprint density at radius 1 is 0.262 bits per heavy atom. The van der Waals surface area contributed by atoms with Gasteiger partial charge in [0.05, 0.1) is 26.4 Å². The normalized spacial score (nSPS) is 13.9. The van der Waals surface area contributed by atoms with Gasteiger partial charge < -0.3 is 33.8 Å². The maximum Gasteiger partial charge on any atom is 0.472 e. The van der Waals surface area contributed by atoms with Crippen molar-refractivity contribution in [2.75, 3.05) is 39.6 Å². The molecule has 0 amide bonds. The smallest absolute Gasteiger partial charge is 0.462 e. The first-order chi connectivity index (χ1) is 49.9. The van der Waals surface area contributed by atoms with Crippen LogP contribution >= 0.6 is 15.6 Å². The van der Waals surface area contributed by atoms with Crippen molar-refractivity contribution < 1.29 is 80.2 Å². The Kier molecular flexibility index (Phi) is 74.1. The monoisotopic (exact) mass is 1510 g/mol. The second-order valence-electron chi connectivity index (χ2n) is 31.2. The zero-order valence-electron chi connectivity index (χ0n) is 67.6. The molecule has 0 fully saturated rings. The molecule has 3 N–H and O–H groups in total. The molecule has 0 aliphatic rings. The molecule has 0 saturated carbocycles. The Labute approximate surface area is 632 Å². The van der Waals surface area contributed by atoms with Gasteiger partial charge in [0.15, 0.2) is 12.2 Å². The summed E-state index contributed by atoms with van der Waals surface area (Å²) in [5, 5.41) is 10.7. The highest BCUT2D eigenvalue weighted by Gasteiger charge is 2.30. The number of aliphatic hydroxyl groups excluding tert-OH is 1. The number of hydrogen-bond acceptors (Lipinski definition) is 15. The van der Waals surface area contributed by atoms with Crippen molar-refractivity contribution in [1.29, 1.82) is 0 Å². The number of carbonyl (C=O) groups is 4. The summed E-state index contributed by atoms with van der Waals surface area (Å²) in [6.07, 6.45) is 66.9. The molecule has 17 nitrogen and oxygen atoms in total. The fourth-order valence-corrected chi connectivity index (χ4v) is 14.6. The van der Waals surface area contributed by atoms with Crippen LogP contribution in [0.1, 0.15) is 446 Å². The van der Waals surface area contributed by atoms with Gasteiger partial charge in [0.2, 0.25) is 0 Å². The maximum absolute atomic E-state index is 13.1. The molecule has 103 heavy (non-hydrogen) atoms. The number of esters is 4. The fourth-order valence-electron chi connectivity index (χ4n) is 13.1. The Bertz CT molecular complexity index is 1980. The van der Waals surface area contributed by atoms with Crippen LogP contribution in [0.25, 0.3) is 0 Å². The van der Waals surface area contributed by atoms with Crippen LogP contribution in [0.3, 0.4) is 0 Å². The Balaban J connectivity index is 5.20. The van der Waals surface area contributed by atoms with Crippen LogP contribution in [0.4, 0.5) is 0 Å². The van der Waals surface area contributed by atoms with E-state index < -0.39 is 97.5 Å². The first-order valence-electron chi connectivity index (χ1n) is 43.5. The van der Waals surface area contributed by atoms with Gasteiger partial charge in [-0.05, 0) is 37.5 Å². The third-order valence-corrected chi connectivity index (χ3v) is 21.6. The van der Waals surface area contributed by atoms with Gasteiger partial charge in [0, 0.05) is 25.7 Å². The molecule has 0 aromatic rings. The van der Waals surface area contributed by atoms with E-state index >= 15 is 0 Å². The predicted octanol–water partition coefficient (Wildman–Crippen LogP) is 25.5. The molecule has 612 valence electrons. The lowest BCUT2D eigenvalue weighted by molar-refractivity contribution is -0.161. The molecule has 0 aromatic carbocycles. The molecule has 5 atom stereocenters. The second-order valence-corrected chi connectivity index (χ2v) is 34.1. The molecule has 0 radical (unpaired) electrons. The van der Waals surface area contributed by atoms with Crippen LogP contribution in [-0.4, -0.2) is 96.7 Å². The number of carbonyl (C=O) groups excluding carboxylic acids is 4. The van der Waals surface area contributed by atoms with Crippen molar-refractivity contribution in [2.24, 2.45) is 11.8 Å². The summed E-state index contributed by atoms with van der Waals surface area (Å²) in [5.74, 6) is -0.629. The molecular formula is C84H164O17P2. The fraction of sp³-hybridized carbons (Fsp3) is 0.952. The van der Waals surface area contributed by atoms with Crippen molar-refractivity contribution in [2.45, 2.75) is 464 Å². The summed E-state index contributed by atoms with van der Waals surface area (Å²) in [6, 6.07) is 0. The highest BCUT2D eigenvalue weighted by molar-refractivity contribution is 7.47. The molecule has 0 saturated heterocycles. The van der Waals surface area contributed by atoms with E-state index in [1.54, 1.807) is 0 Å². The summed E-state index contributed by atoms with van der Waals surface area (Å²) >= 11 is 0. The van der Waals surface area contributed by atoms with Gasteiger partial charge in [-0.3, -0.25) is 37.3 Å². The first kappa shape index (κ1) is 101. The van der Waals surface area contributed by atoms with E-state index in [9.17, 15) is 43.2 Å². The highest BCUT2D eigenvalue weighted by atomic mass is 31.2. The van der Waals surface area contributed by atoms with E-state index in [0.717, 1.165) is 102 Å². The van der Waals surface area contributed by atoms with Gasteiger partial charge in [0.25, 0.3) is 0 Å². The van der Waals surface area contributed by atoms with Crippen LogP contribution < -0.4 is 0 Å². The lowest BCUT2D eigenvalue weighted by Gasteiger charge is -2.21. The molecule has 0 spiro atoms. The lowest BCUT2D eigenvalue weighted by Crippen LogP contribution is -2.30. The van der Waals surface area contributed by atoms with Crippen molar-refractivity contribution in [3.63, 3.8) is 0 Å². The topological polar surface area (TPSA) is 237 Å². The number of phosphoric ester groups is 2. The molecular weight excluding hydrogens is 1340 g/mol. The van der Waals surface area contributed by atoms with E-state index in [2.05, 4.69) is 41.5 Å². The number of hydrogen-bond donors (Lipinski definition) is 3. The molecule has 2 unspecified atom stereocenters. The predicted molar refractivity (Wildman–Crippen MR) is 423 cm³/mol. The quantitative estimate of drug-likeness (QED) is 0.0222. The minimum absolute atomic E-state index is 0.107. The molecule has 19 heteroatoms. The zero-order chi connectivity index (χ0) is 75.6. The van der Waals surface area contributed by atoms with Crippen molar-refractivity contribution in [3.05, 3.63) is 0 Å². The van der Waals surface area contributed by atoms with Gasteiger partial charge in [0.1, 0.15) is 19.3 Å². The summed E-state index contributed by atoms with van der Waals surface area (Å²) in [7, 11) is -9.92. The van der Waals surface area contributed by atoms with E-state index in [-0.39, 0.29) is 25.7 Å². The summed E-state index contributed by atoms with van der Waals surface area (Å²) in [4.78, 5) is 73.1. The van der Waals surface area contributed by atoms with Crippen LogP contribution in [0.5, 0.6) is 0 Å². The number of ether oxygens (including phenoxy) is 4. The molecule has 0 aliphatic carbocycles. The third-order valence-electron chi connectivity index (χ3n) is 19.7. The van der Waals surface area contributed by atoms with E-state index in [1.807, 2.05) is 0 Å². The van der Waals surface area contributed by atoms with Gasteiger partial charge in [-0.15, -0.1) is 0 Å². The Morgan fingerprint density at radius 2 is 0.447 bits per heavy atom. The Morgan fingerprint density at radius 3 is 0.660 bits per heavy atom. The largest absolute Gasteiger partial charge is 0.472 e. The molecule has 0 rings (SSSR count). The first-order valence-corrected chi connectivity index (χ1v) is 46.5. The number of rotatable bonds is 83. The SMILES string of the molecule is CCCCCCCCCCCCCCCCCCCCCCCCC(=O)O[C@H](COC(=O)CCCCCCCCCCCCCCCCC(C)C)COP(=O)(O)OC[C@@H](O)COP(=O)(O)OC[C@@H](COC(=O)CCCCCCCCC(C)C)OC(=O)CCCCCCCCCCCCCCCCC. The molecule has 0 bridgehead atoms. The second kappa shape index (κ2) is 75.5. The van der Waals surface area contributed by atoms with Crippen molar-refractivity contribution in [1.82, 2.24) is 0 Å². The van der Waals surface area contributed by atoms with Crippen LogP contribution in [0.15, 0.2) is 0 Å². The van der Waals surface area contributed by atoms with Crippen molar-refractivity contribution in [3.8, 4) is 0 Å². The van der Waals surface area contributed by atoms with Crippen LogP contribution in [0.2, 0.25) is 0 Å². The summed E-state index contributed by atoms with van der Waals surface area (Å²) in [6.45, 7) is 9.59. The highest BCUT2D eigenvalue weighted by Crippen LogP contribution is 2.45. The number of unbranched alkanes of at least 4 members (excludes halogenated alkanes) is 53. The lowest BCUT2D eigenvalue weighted by atomic mass is 10.0. The third kappa shape index (κ3) is 78.0. The van der Waals surface area contributed by atoms with Crippen LogP contribution in [-0.2, 0) is 65.4 Å². The minimum atomic E-state index is -4.96. The van der Waals surface area contributed by atoms with E-state index in [4.69, 9.17) is 37.0 Å². The van der Waals surface area contributed by atoms with E-state index in [0.29, 0.717) is 31.6 Å². The van der Waals surface area contributed by atoms with Gasteiger partial charge in [-0.1, -0.05) is 395 Å². The molecule has 0 aliphatic heterocycles. The van der Waals surface area contributed by atoms with Gasteiger partial charge in [-0.2, -0.15) is 0 Å². The van der Waals surface area contributed by atoms with Crippen LogP contribution in [0, 0.1) is 11.8 Å². The zero-order valence-corrected chi connectivity index (χ0v) is 69.4. The van der Waals surface area contributed by atoms with Gasteiger partial charge in [-0.25, -0.2) is 9.13 Å². The standard InChI is InChI=1S/C84H164O17P2/c1-7-9-11-13-15-17-19-21-23-24-25-26-27-28-29-31-37-41-45-49-57-63-68-83(88)100-79(72-94-81(86)66-60-54-47-43-39-35-33-32-34-38-42-46-52-58-64-76(3)4)74-98-102(90,91)96-70-78(85)71-97-103(92,93)99-75-80(73-95-82(87)67-61-55-51-50-53-59-65-77(5)6)101-84(89)69-62-56-48-44-40-36-30-22-20-18-16-14-12-10-8-2/h76-80,85H,7-75H2,1-6H3,(H,90,91)(H,92,93)/t78-,79-,80-/m1/s1. The molecule has 0 aromatic heterocycles. The number of aliphatic hydroxyl groups is 1. The number of phosphoric acid groups is 2. The Hall–Kier alpha value is -1.94. The maximum atomic E-state index is 13.1. The average Bonchev–Trinajstić information content (AvgIpc) is 0.951. The molecule has 0 heterocycles.